The zero-order valence-corrected chi connectivity index (χ0v) is 18.7. The number of nitrogens with two attached hydrogens (primary N) is 1. The van der Waals surface area contributed by atoms with E-state index in [0.29, 0.717) is 22.4 Å². The summed E-state index contributed by atoms with van der Waals surface area (Å²) in [6, 6.07) is 11.5. The van der Waals surface area contributed by atoms with Crippen LogP contribution in [0.5, 0.6) is 0 Å². The SMILES string of the molecule is Nc1cnc(-c2ccc(-c3ccccc3CS(=O)(=O)N3CCNC(=O)C3)cc2F)cn1.O=CO. The van der Waals surface area contributed by atoms with E-state index in [0.717, 1.165) is 0 Å². The van der Waals surface area contributed by atoms with Gasteiger partial charge < -0.3 is 16.2 Å². The van der Waals surface area contributed by atoms with Crippen LogP contribution >= 0.6 is 0 Å². The number of anilines is 1. The highest BCUT2D eigenvalue weighted by atomic mass is 32.2. The summed E-state index contributed by atoms with van der Waals surface area (Å²) in [5.74, 6) is -0.890. The van der Waals surface area contributed by atoms with Gasteiger partial charge in [-0.3, -0.25) is 14.6 Å². The number of hydrogen-bond acceptors (Lipinski definition) is 7. The predicted octanol–water partition coefficient (Wildman–Crippen LogP) is 1.49. The molecule has 10 nitrogen and oxygen atoms in total. The number of carboxylic acid groups (broad SMARTS) is 1. The zero-order chi connectivity index (χ0) is 24.7. The average Bonchev–Trinajstić information content (AvgIpc) is 2.80. The van der Waals surface area contributed by atoms with Crippen LogP contribution in [0.1, 0.15) is 5.56 Å². The van der Waals surface area contributed by atoms with Crippen molar-refractivity contribution < 1.29 is 27.5 Å². The Morgan fingerprint density at radius 3 is 2.53 bits per heavy atom. The maximum atomic E-state index is 14.9. The number of aromatic nitrogens is 2. The Balaban J connectivity index is 0.00000103. The van der Waals surface area contributed by atoms with Gasteiger partial charge in [-0.1, -0.05) is 30.3 Å². The summed E-state index contributed by atoms with van der Waals surface area (Å²) in [6.07, 6.45) is 2.74. The van der Waals surface area contributed by atoms with Gasteiger partial charge in [-0.25, -0.2) is 17.8 Å². The van der Waals surface area contributed by atoms with Gasteiger partial charge in [0, 0.05) is 18.7 Å². The van der Waals surface area contributed by atoms with Gasteiger partial charge in [0.25, 0.3) is 6.47 Å². The van der Waals surface area contributed by atoms with Crippen LogP contribution in [0.2, 0.25) is 0 Å². The molecule has 0 aliphatic carbocycles. The molecule has 4 N–H and O–H groups in total. The molecule has 0 unspecified atom stereocenters. The molecule has 1 amide bonds. The number of carbonyl (C=O) groups excluding carboxylic acids is 1. The van der Waals surface area contributed by atoms with E-state index >= 15 is 0 Å². The highest BCUT2D eigenvalue weighted by molar-refractivity contribution is 7.88. The number of sulfonamides is 1. The van der Waals surface area contributed by atoms with Crippen molar-refractivity contribution in [2.45, 2.75) is 5.75 Å². The fourth-order valence-corrected chi connectivity index (χ4v) is 4.95. The summed E-state index contributed by atoms with van der Waals surface area (Å²) in [6.45, 7) is 0.0546. The summed E-state index contributed by atoms with van der Waals surface area (Å²) in [5.41, 5.74) is 7.79. The van der Waals surface area contributed by atoms with Crippen molar-refractivity contribution in [1.29, 1.82) is 0 Å². The molecular weight excluding hydrogens is 465 g/mol. The van der Waals surface area contributed by atoms with E-state index in [9.17, 15) is 17.6 Å². The maximum absolute atomic E-state index is 14.9. The standard InChI is InChI=1S/C21H20FN5O3S.CH2O2/c22-18-9-14(5-6-17(18)19-10-26-20(23)11-25-19)16-4-2-1-3-15(16)13-31(29,30)27-8-7-24-21(28)12-27;2-1-3/h1-6,9-11H,7-8,12-13H2,(H2,23,26)(H,24,28);1H,(H,2,3). The lowest BCUT2D eigenvalue weighted by molar-refractivity contribution is -0.123. The summed E-state index contributed by atoms with van der Waals surface area (Å²) in [5, 5.41) is 9.50. The van der Waals surface area contributed by atoms with E-state index in [1.807, 2.05) is 0 Å². The molecule has 2 aromatic carbocycles. The fraction of sp³-hybridized carbons (Fsp3) is 0.182. The summed E-state index contributed by atoms with van der Waals surface area (Å²) < 4.78 is 41.8. The Morgan fingerprint density at radius 2 is 1.88 bits per heavy atom. The highest BCUT2D eigenvalue weighted by Gasteiger charge is 2.28. The Labute approximate surface area is 195 Å². The summed E-state index contributed by atoms with van der Waals surface area (Å²) >= 11 is 0. The lowest BCUT2D eigenvalue weighted by Gasteiger charge is -2.26. The smallest absolute Gasteiger partial charge is 0.290 e. The number of hydrogen-bond donors (Lipinski definition) is 3. The van der Waals surface area contributed by atoms with Crippen molar-refractivity contribution in [3.05, 3.63) is 66.2 Å². The first-order chi connectivity index (χ1) is 16.2. The minimum Gasteiger partial charge on any atom is -0.483 e. The number of nitrogen functional groups attached to an aromatic ring is 1. The summed E-state index contributed by atoms with van der Waals surface area (Å²) in [7, 11) is -3.72. The number of rotatable bonds is 5. The van der Waals surface area contributed by atoms with E-state index in [4.69, 9.17) is 15.6 Å². The van der Waals surface area contributed by atoms with Crippen molar-refractivity contribution in [2.75, 3.05) is 25.4 Å². The number of nitrogens with zero attached hydrogens (tertiary/aromatic N) is 3. The molecule has 0 bridgehead atoms. The molecule has 2 heterocycles. The second-order valence-electron chi connectivity index (χ2n) is 7.22. The fourth-order valence-electron chi connectivity index (χ4n) is 3.44. The van der Waals surface area contributed by atoms with Crippen molar-refractivity contribution in [1.82, 2.24) is 19.6 Å². The molecule has 1 aliphatic heterocycles. The number of piperazine rings is 1. The second kappa shape index (κ2) is 10.8. The van der Waals surface area contributed by atoms with E-state index in [1.165, 1.54) is 22.8 Å². The Bertz CT molecular complexity index is 1290. The van der Waals surface area contributed by atoms with Gasteiger partial charge >= 0.3 is 0 Å². The molecule has 34 heavy (non-hydrogen) atoms. The number of halogens is 1. The van der Waals surface area contributed by atoms with Gasteiger partial charge in [0.1, 0.15) is 11.6 Å². The molecule has 0 radical (unpaired) electrons. The zero-order valence-electron chi connectivity index (χ0n) is 17.9. The Hall–Kier alpha value is -3.90. The van der Waals surface area contributed by atoms with Gasteiger partial charge in [0.15, 0.2) is 0 Å². The number of amides is 1. The molecule has 12 heteroatoms. The number of nitrogens with one attached hydrogen (secondary N) is 1. The van der Waals surface area contributed by atoms with Gasteiger partial charge in [-0.05, 0) is 28.8 Å². The van der Waals surface area contributed by atoms with E-state index in [-0.39, 0.29) is 49.1 Å². The van der Waals surface area contributed by atoms with Crippen LogP contribution < -0.4 is 11.1 Å². The predicted molar refractivity (Wildman–Crippen MR) is 123 cm³/mol. The summed E-state index contributed by atoms with van der Waals surface area (Å²) in [4.78, 5) is 28.0. The molecule has 0 atom stereocenters. The molecule has 1 fully saturated rings. The third-order valence-corrected chi connectivity index (χ3v) is 6.75. The monoisotopic (exact) mass is 487 g/mol. The first-order valence-corrected chi connectivity index (χ1v) is 11.6. The topological polar surface area (TPSA) is 156 Å². The van der Waals surface area contributed by atoms with Crippen LogP contribution in [0.15, 0.2) is 54.9 Å². The molecule has 1 aromatic heterocycles. The third kappa shape index (κ3) is 5.91. The molecule has 0 saturated carbocycles. The van der Waals surface area contributed by atoms with Crippen molar-refractivity contribution in [3.8, 4) is 22.4 Å². The van der Waals surface area contributed by atoms with Crippen molar-refractivity contribution in [2.24, 2.45) is 0 Å². The first-order valence-electron chi connectivity index (χ1n) is 10.0. The lowest BCUT2D eigenvalue weighted by Crippen LogP contribution is -2.50. The van der Waals surface area contributed by atoms with Crippen LogP contribution in [-0.2, 0) is 25.4 Å². The van der Waals surface area contributed by atoms with Gasteiger partial charge in [-0.15, -0.1) is 0 Å². The van der Waals surface area contributed by atoms with Gasteiger partial charge in [-0.2, -0.15) is 4.31 Å². The Kier molecular flexibility index (Phi) is 7.87. The molecule has 4 rings (SSSR count). The maximum Gasteiger partial charge on any atom is 0.290 e. The van der Waals surface area contributed by atoms with Crippen LogP contribution in [0.4, 0.5) is 10.2 Å². The molecule has 1 aliphatic rings. The number of carbonyl (C=O) groups is 2. The van der Waals surface area contributed by atoms with Gasteiger partial charge in [0.05, 0.1) is 30.4 Å². The number of benzene rings is 2. The van der Waals surface area contributed by atoms with Crippen LogP contribution in [0.3, 0.4) is 0 Å². The average molecular weight is 488 g/mol. The lowest BCUT2D eigenvalue weighted by atomic mass is 9.98. The van der Waals surface area contributed by atoms with Crippen LogP contribution in [-0.4, -0.2) is 59.8 Å². The minimum absolute atomic E-state index is 0.198. The van der Waals surface area contributed by atoms with Gasteiger partial charge in [0.2, 0.25) is 15.9 Å². The molecule has 1 saturated heterocycles. The van der Waals surface area contributed by atoms with Crippen LogP contribution in [0, 0.1) is 5.82 Å². The minimum atomic E-state index is -3.72. The molecular formula is C22H22FN5O5S. The first kappa shape index (κ1) is 24.7. The second-order valence-corrected chi connectivity index (χ2v) is 9.19. The molecule has 178 valence electrons. The van der Waals surface area contributed by atoms with E-state index in [2.05, 4.69) is 15.3 Å². The highest BCUT2D eigenvalue weighted by Crippen LogP contribution is 2.30. The normalized spacial score (nSPS) is 14.0. The van der Waals surface area contributed by atoms with Crippen LogP contribution in [0.25, 0.3) is 22.4 Å². The Morgan fingerprint density at radius 1 is 1.15 bits per heavy atom. The van der Waals surface area contributed by atoms with E-state index in [1.54, 1.807) is 36.4 Å². The largest absolute Gasteiger partial charge is 0.483 e. The molecule has 3 aromatic rings. The third-order valence-electron chi connectivity index (χ3n) is 4.98. The quantitative estimate of drug-likeness (QED) is 0.457. The van der Waals surface area contributed by atoms with Crippen molar-refractivity contribution in [3.63, 3.8) is 0 Å². The van der Waals surface area contributed by atoms with Crippen molar-refractivity contribution >= 4 is 28.2 Å². The van der Waals surface area contributed by atoms with E-state index < -0.39 is 15.8 Å². The molecule has 0 spiro atoms.